The molecule has 7 heteroatoms. The third-order valence-corrected chi connectivity index (χ3v) is 3.43. The van der Waals surface area contributed by atoms with Crippen molar-refractivity contribution in [3.63, 3.8) is 0 Å². The normalized spacial score (nSPS) is 10.1. The topological polar surface area (TPSA) is 92.2 Å². The van der Waals surface area contributed by atoms with Crippen molar-refractivity contribution in [2.75, 3.05) is 7.05 Å². The summed E-state index contributed by atoms with van der Waals surface area (Å²) >= 11 is 1.18. The molecule has 6 nitrogen and oxygen atoms in total. The van der Waals surface area contributed by atoms with E-state index < -0.39 is 5.97 Å². The van der Waals surface area contributed by atoms with Crippen molar-refractivity contribution in [2.45, 2.75) is 9.92 Å². The first-order valence-corrected chi connectivity index (χ1v) is 6.49. The Labute approximate surface area is 119 Å². The predicted molar refractivity (Wildman–Crippen MR) is 72.9 cm³/mol. The van der Waals surface area contributed by atoms with Gasteiger partial charge in [0.1, 0.15) is 5.03 Å². The van der Waals surface area contributed by atoms with Gasteiger partial charge in [0.05, 0.1) is 5.56 Å². The minimum absolute atomic E-state index is 0.203. The van der Waals surface area contributed by atoms with E-state index in [1.807, 2.05) is 0 Å². The SMILES string of the molecule is CNC(=O)c1ccc(Sc2ccccc2C(=O)O)nn1. The Morgan fingerprint density at radius 2 is 1.90 bits per heavy atom. The number of carboxylic acid groups (broad SMARTS) is 1. The lowest BCUT2D eigenvalue weighted by atomic mass is 10.2. The lowest BCUT2D eigenvalue weighted by Crippen LogP contribution is -2.19. The largest absolute Gasteiger partial charge is 0.478 e. The summed E-state index contributed by atoms with van der Waals surface area (Å²) in [6, 6.07) is 9.80. The van der Waals surface area contributed by atoms with Crippen molar-refractivity contribution in [2.24, 2.45) is 0 Å². The first kappa shape index (κ1) is 14.0. The van der Waals surface area contributed by atoms with E-state index >= 15 is 0 Å². The van der Waals surface area contributed by atoms with Crippen molar-refractivity contribution in [3.05, 3.63) is 47.7 Å². The van der Waals surface area contributed by atoms with Gasteiger partial charge in [-0.15, -0.1) is 10.2 Å². The van der Waals surface area contributed by atoms with Crippen LogP contribution in [-0.2, 0) is 0 Å². The number of carboxylic acids is 1. The number of benzene rings is 1. The molecule has 0 atom stereocenters. The Morgan fingerprint density at radius 1 is 1.15 bits per heavy atom. The Bertz CT molecular complexity index is 644. The zero-order chi connectivity index (χ0) is 14.5. The van der Waals surface area contributed by atoms with Gasteiger partial charge in [0, 0.05) is 11.9 Å². The van der Waals surface area contributed by atoms with Crippen molar-refractivity contribution < 1.29 is 14.7 Å². The van der Waals surface area contributed by atoms with Gasteiger partial charge >= 0.3 is 5.97 Å². The molecule has 0 fully saturated rings. The summed E-state index contributed by atoms with van der Waals surface area (Å²) < 4.78 is 0. The van der Waals surface area contributed by atoms with Crippen LogP contribution in [-0.4, -0.2) is 34.2 Å². The van der Waals surface area contributed by atoms with Crippen molar-refractivity contribution in [3.8, 4) is 0 Å². The number of aromatic carboxylic acids is 1. The molecule has 0 aliphatic rings. The zero-order valence-electron chi connectivity index (χ0n) is 10.5. The van der Waals surface area contributed by atoms with Crippen LogP contribution in [0.2, 0.25) is 0 Å². The molecule has 2 rings (SSSR count). The standard InChI is InChI=1S/C13H11N3O3S/c1-14-12(17)9-6-7-11(16-15-9)20-10-5-3-2-4-8(10)13(18)19/h2-7H,1H3,(H,14,17)(H,18,19). The van der Waals surface area contributed by atoms with Crippen LogP contribution in [0.3, 0.4) is 0 Å². The van der Waals surface area contributed by atoms with Crippen LogP contribution in [0.25, 0.3) is 0 Å². The Kier molecular flexibility index (Phi) is 4.31. The Hall–Kier alpha value is -2.41. The summed E-state index contributed by atoms with van der Waals surface area (Å²) in [7, 11) is 1.51. The van der Waals surface area contributed by atoms with Gasteiger partial charge in [-0.2, -0.15) is 0 Å². The van der Waals surface area contributed by atoms with E-state index in [2.05, 4.69) is 15.5 Å². The van der Waals surface area contributed by atoms with Crippen LogP contribution in [0.5, 0.6) is 0 Å². The van der Waals surface area contributed by atoms with Gasteiger partial charge < -0.3 is 10.4 Å². The second-order valence-corrected chi connectivity index (χ2v) is 4.80. The highest BCUT2D eigenvalue weighted by Crippen LogP contribution is 2.28. The zero-order valence-corrected chi connectivity index (χ0v) is 11.3. The monoisotopic (exact) mass is 289 g/mol. The van der Waals surface area contributed by atoms with Gasteiger partial charge in [0.2, 0.25) is 0 Å². The number of rotatable bonds is 4. The minimum atomic E-state index is -0.997. The summed E-state index contributed by atoms with van der Waals surface area (Å²) in [5, 5.41) is 19.8. The van der Waals surface area contributed by atoms with Gasteiger partial charge in [-0.3, -0.25) is 4.79 Å². The van der Waals surface area contributed by atoms with Crippen LogP contribution < -0.4 is 5.32 Å². The van der Waals surface area contributed by atoms with Crippen molar-refractivity contribution in [1.82, 2.24) is 15.5 Å². The van der Waals surface area contributed by atoms with Crippen molar-refractivity contribution in [1.29, 1.82) is 0 Å². The maximum absolute atomic E-state index is 11.3. The summed E-state index contributed by atoms with van der Waals surface area (Å²) in [5.74, 6) is -1.32. The van der Waals surface area contributed by atoms with E-state index in [-0.39, 0.29) is 17.2 Å². The molecular weight excluding hydrogens is 278 g/mol. The summed E-state index contributed by atoms with van der Waals surface area (Å²) in [6.07, 6.45) is 0. The summed E-state index contributed by atoms with van der Waals surface area (Å²) in [4.78, 5) is 23.0. The number of amides is 1. The molecule has 1 aromatic carbocycles. The average Bonchev–Trinajstić information content (AvgIpc) is 2.47. The second-order valence-electron chi connectivity index (χ2n) is 3.74. The van der Waals surface area contributed by atoms with E-state index in [0.29, 0.717) is 9.92 Å². The van der Waals surface area contributed by atoms with E-state index in [0.717, 1.165) is 0 Å². The molecule has 0 unspecified atom stereocenters. The smallest absolute Gasteiger partial charge is 0.336 e. The number of nitrogens with one attached hydrogen (secondary N) is 1. The van der Waals surface area contributed by atoms with Crippen LogP contribution in [0.4, 0.5) is 0 Å². The second kappa shape index (κ2) is 6.16. The molecule has 1 amide bonds. The van der Waals surface area contributed by atoms with E-state index in [9.17, 15) is 9.59 Å². The first-order valence-electron chi connectivity index (χ1n) is 5.68. The molecule has 2 N–H and O–H groups in total. The molecule has 1 heterocycles. The molecule has 2 aromatic rings. The maximum atomic E-state index is 11.3. The van der Waals surface area contributed by atoms with Gasteiger partial charge in [-0.25, -0.2) is 4.79 Å². The molecule has 20 heavy (non-hydrogen) atoms. The van der Waals surface area contributed by atoms with Crippen LogP contribution in [0.15, 0.2) is 46.3 Å². The molecule has 102 valence electrons. The molecule has 0 aliphatic carbocycles. The van der Waals surface area contributed by atoms with E-state index in [1.54, 1.807) is 24.3 Å². The third kappa shape index (κ3) is 3.12. The highest BCUT2D eigenvalue weighted by molar-refractivity contribution is 7.99. The molecule has 0 spiro atoms. The van der Waals surface area contributed by atoms with Gasteiger partial charge in [0.25, 0.3) is 5.91 Å². The number of hydrogen-bond donors (Lipinski definition) is 2. The van der Waals surface area contributed by atoms with Crippen molar-refractivity contribution >= 4 is 23.6 Å². The highest BCUT2D eigenvalue weighted by atomic mass is 32.2. The molecule has 0 saturated carbocycles. The molecule has 0 aliphatic heterocycles. The lowest BCUT2D eigenvalue weighted by molar-refractivity contribution is 0.0693. The fourth-order valence-corrected chi connectivity index (χ4v) is 2.32. The number of carbonyl (C=O) groups excluding carboxylic acids is 1. The minimum Gasteiger partial charge on any atom is -0.478 e. The number of aromatic nitrogens is 2. The maximum Gasteiger partial charge on any atom is 0.336 e. The van der Waals surface area contributed by atoms with Crippen LogP contribution in [0.1, 0.15) is 20.8 Å². The van der Waals surface area contributed by atoms with E-state index in [4.69, 9.17) is 5.11 Å². The molecular formula is C13H11N3O3S. The fraction of sp³-hybridized carbons (Fsp3) is 0.0769. The predicted octanol–water partition coefficient (Wildman–Crippen LogP) is 1.69. The number of hydrogen-bond acceptors (Lipinski definition) is 5. The summed E-state index contributed by atoms with van der Waals surface area (Å²) in [5.41, 5.74) is 0.415. The van der Waals surface area contributed by atoms with Gasteiger partial charge in [-0.05, 0) is 24.3 Å². The fourth-order valence-electron chi connectivity index (χ4n) is 1.47. The Balaban J connectivity index is 2.23. The van der Waals surface area contributed by atoms with Gasteiger partial charge in [-0.1, -0.05) is 23.9 Å². The molecule has 0 bridgehead atoms. The highest BCUT2D eigenvalue weighted by Gasteiger charge is 2.12. The number of carbonyl (C=O) groups is 2. The van der Waals surface area contributed by atoms with Gasteiger partial charge in [0.15, 0.2) is 5.69 Å². The third-order valence-electron chi connectivity index (χ3n) is 2.43. The van der Waals surface area contributed by atoms with Crippen LogP contribution in [0, 0.1) is 0 Å². The summed E-state index contributed by atoms with van der Waals surface area (Å²) in [6.45, 7) is 0. The number of nitrogens with zero attached hydrogens (tertiary/aromatic N) is 2. The quantitative estimate of drug-likeness (QED) is 0.889. The van der Waals surface area contributed by atoms with E-state index in [1.165, 1.54) is 30.9 Å². The lowest BCUT2D eigenvalue weighted by Gasteiger charge is -2.04. The molecule has 1 aromatic heterocycles. The molecule has 0 radical (unpaired) electrons. The first-order chi connectivity index (χ1) is 9.61. The Morgan fingerprint density at radius 3 is 2.50 bits per heavy atom. The average molecular weight is 289 g/mol. The molecule has 0 saturated heterocycles. The van der Waals surface area contributed by atoms with Crippen LogP contribution >= 0.6 is 11.8 Å².